The van der Waals surface area contributed by atoms with Gasteiger partial charge in [-0.2, -0.15) is 0 Å². The zero-order valence-corrected chi connectivity index (χ0v) is 12.7. The second kappa shape index (κ2) is 7.47. The van der Waals surface area contributed by atoms with Crippen molar-refractivity contribution in [1.82, 2.24) is 10.4 Å². The number of ether oxygens (including phenoxy) is 1. The van der Waals surface area contributed by atoms with Crippen LogP contribution in [0, 0.1) is 5.82 Å². The number of urea groups is 1. The molecule has 0 radical (unpaired) electrons. The number of nitrogens with zero attached hydrogens (tertiary/aromatic N) is 1. The van der Waals surface area contributed by atoms with E-state index in [2.05, 4.69) is 5.32 Å². The van der Waals surface area contributed by atoms with E-state index in [1.54, 1.807) is 0 Å². The summed E-state index contributed by atoms with van der Waals surface area (Å²) in [5.74, 6) is -1.07. The first-order valence-electron chi connectivity index (χ1n) is 6.96. The summed E-state index contributed by atoms with van der Waals surface area (Å²) in [7, 11) is 0. The van der Waals surface area contributed by atoms with Gasteiger partial charge in [0, 0.05) is 12.6 Å². The Hall–Kier alpha value is -3.07. The van der Waals surface area contributed by atoms with E-state index in [1.165, 1.54) is 43.3 Å². The summed E-state index contributed by atoms with van der Waals surface area (Å²) in [6.45, 7) is 1.48. The lowest BCUT2D eigenvalue weighted by molar-refractivity contribution is -0.0844. The Morgan fingerprint density at radius 3 is 2.62 bits per heavy atom. The molecule has 1 aromatic heterocycles. The Kier molecular flexibility index (Phi) is 5.38. The summed E-state index contributed by atoms with van der Waals surface area (Å²) in [5.41, 5.74) is 4.92. The van der Waals surface area contributed by atoms with Gasteiger partial charge in [-0.05, 0) is 37.3 Å². The number of hydrogen-bond donors (Lipinski definition) is 3. The number of benzene rings is 1. The molecule has 0 saturated carbocycles. The van der Waals surface area contributed by atoms with Gasteiger partial charge in [0.15, 0.2) is 5.76 Å². The molecule has 1 atom stereocenters. The van der Waals surface area contributed by atoms with Gasteiger partial charge in [-0.1, -0.05) is 0 Å². The van der Waals surface area contributed by atoms with Crippen molar-refractivity contribution in [3.63, 3.8) is 0 Å². The molecule has 0 aliphatic heterocycles. The summed E-state index contributed by atoms with van der Waals surface area (Å²) < 4.78 is 23.3. The highest BCUT2D eigenvalue weighted by molar-refractivity contribution is 5.91. The van der Waals surface area contributed by atoms with E-state index in [0.29, 0.717) is 10.8 Å². The lowest BCUT2D eigenvalue weighted by atomic mass is 10.3. The zero-order chi connectivity index (χ0) is 17.7. The van der Waals surface area contributed by atoms with E-state index in [0.717, 1.165) is 0 Å². The topological polar surface area (TPSA) is 118 Å². The van der Waals surface area contributed by atoms with E-state index < -0.39 is 23.8 Å². The molecule has 0 aliphatic carbocycles. The van der Waals surface area contributed by atoms with Crippen LogP contribution in [0.25, 0.3) is 0 Å². The quantitative estimate of drug-likeness (QED) is 0.551. The van der Waals surface area contributed by atoms with Crippen LogP contribution >= 0.6 is 0 Å². The maximum Gasteiger partial charge on any atom is 0.313 e. The monoisotopic (exact) mass is 337 g/mol. The normalized spacial score (nSPS) is 11.6. The lowest BCUT2D eigenvalue weighted by Crippen LogP contribution is -2.44. The minimum absolute atomic E-state index is 0.00118. The SMILES string of the molecule is C[C@@H](CNC(N)=O)N(O)C(=O)c1ccc(Oc2ccc(F)cc2)o1. The van der Waals surface area contributed by atoms with Gasteiger partial charge in [0.25, 0.3) is 5.95 Å². The van der Waals surface area contributed by atoms with Crippen LogP contribution in [-0.2, 0) is 0 Å². The first-order valence-corrected chi connectivity index (χ1v) is 6.96. The molecule has 2 aromatic rings. The second-order valence-electron chi connectivity index (χ2n) is 4.92. The van der Waals surface area contributed by atoms with Crippen molar-refractivity contribution >= 4 is 11.9 Å². The van der Waals surface area contributed by atoms with E-state index in [9.17, 15) is 19.2 Å². The number of hydroxylamine groups is 2. The van der Waals surface area contributed by atoms with Crippen LogP contribution in [0.4, 0.5) is 9.18 Å². The molecular weight excluding hydrogens is 321 g/mol. The molecule has 4 N–H and O–H groups in total. The molecule has 0 unspecified atom stereocenters. The average Bonchev–Trinajstić information content (AvgIpc) is 3.01. The van der Waals surface area contributed by atoms with Gasteiger partial charge in [0.05, 0.1) is 6.04 Å². The Balaban J connectivity index is 1.99. The summed E-state index contributed by atoms with van der Waals surface area (Å²) >= 11 is 0. The molecule has 1 heterocycles. The Labute approximate surface area is 136 Å². The summed E-state index contributed by atoms with van der Waals surface area (Å²) in [4.78, 5) is 22.7. The first kappa shape index (κ1) is 17.3. The van der Waals surface area contributed by atoms with Crippen LogP contribution in [0.3, 0.4) is 0 Å². The molecule has 0 spiro atoms. The molecule has 1 aromatic carbocycles. The van der Waals surface area contributed by atoms with Crippen LogP contribution in [-0.4, -0.2) is 34.8 Å². The maximum atomic E-state index is 12.8. The van der Waals surface area contributed by atoms with Gasteiger partial charge in [-0.25, -0.2) is 14.2 Å². The number of nitrogens with two attached hydrogens (primary N) is 1. The molecule has 0 fully saturated rings. The van der Waals surface area contributed by atoms with Crippen LogP contribution in [0.5, 0.6) is 11.7 Å². The van der Waals surface area contributed by atoms with Crippen molar-refractivity contribution in [2.24, 2.45) is 5.73 Å². The van der Waals surface area contributed by atoms with E-state index in [4.69, 9.17) is 14.9 Å². The summed E-state index contributed by atoms with van der Waals surface area (Å²) in [6, 6.07) is 6.44. The highest BCUT2D eigenvalue weighted by Crippen LogP contribution is 2.24. The van der Waals surface area contributed by atoms with E-state index >= 15 is 0 Å². The molecule has 0 saturated heterocycles. The minimum atomic E-state index is -0.817. The smallest absolute Gasteiger partial charge is 0.313 e. The maximum absolute atomic E-state index is 12.8. The summed E-state index contributed by atoms with van der Waals surface area (Å²) in [6.07, 6.45) is 0. The lowest BCUT2D eigenvalue weighted by Gasteiger charge is -2.21. The van der Waals surface area contributed by atoms with Crippen molar-refractivity contribution in [3.8, 4) is 11.7 Å². The minimum Gasteiger partial charge on any atom is -0.426 e. The number of halogens is 1. The van der Waals surface area contributed by atoms with Crippen LogP contribution < -0.4 is 15.8 Å². The average molecular weight is 337 g/mol. The predicted octanol–water partition coefficient (Wildman–Crippen LogP) is 2.10. The van der Waals surface area contributed by atoms with Crippen molar-refractivity contribution in [3.05, 3.63) is 48.0 Å². The number of nitrogens with one attached hydrogen (secondary N) is 1. The van der Waals surface area contributed by atoms with Crippen molar-refractivity contribution in [2.75, 3.05) is 6.54 Å². The molecule has 0 aliphatic rings. The number of primary amides is 1. The molecule has 8 nitrogen and oxygen atoms in total. The Morgan fingerprint density at radius 1 is 1.33 bits per heavy atom. The standard InChI is InChI=1S/C15H16FN3O5/c1-9(8-18-15(17)21)19(22)14(20)12-6-7-13(24-12)23-11-4-2-10(16)3-5-11/h2-7,9,22H,8H2,1H3,(H3,17,18,21)/t9-/m0/s1. The van der Waals surface area contributed by atoms with Gasteiger partial charge in [0.1, 0.15) is 11.6 Å². The van der Waals surface area contributed by atoms with Crippen LogP contribution in [0.15, 0.2) is 40.8 Å². The molecule has 24 heavy (non-hydrogen) atoms. The molecule has 0 bridgehead atoms. The highest BCUT2D eigenvalue weighted by Gasteiger charge is 2.23. The van der Waals surface area contributed by atoms with E-state index in [-0.39, 0.29) is 18.3 Å². The van der Waals surface area contributed by atoms with Gasteiger partial charge in [0.2, 0.25) is 0 Å². The molecule has 9 heteroatoms. The number of amides is 3. The van der Waals surface area contributed by atoms with Gasteiger partial charge in [-0.15, -0.1) is 0 Å². The van der Waals surface area contributed by atoms with Crippen molar-refractivity contribution < 1.29 is 28.3 Å². The third kappa shape index (κ3) is 4.46. The Bertz CT molecular complexity index is 716. The highest BCUT2D eigenvalue weighted by atomic mass is 19.1. The number of rotatable bonds is 6. The Morgan fingerprint density at radius 2 is 2.00 bits per heavy atom. The van der Waals surface area contributed by atoms with E-state index in [1.807, 2.05) is 0 Å². The van der Waals surface area contributed by atoms with Crippen LogP contribution in [0.2, 0.25) is 0 Å². The summed E-state index contributed by atoms with van der Waals surface area (Å²) in [5, 5.41) is 12.5. The fourth-order valence-electron chi connectivity index (χ4n) is 1.76. The number of carbonyl (C=O) groups excluding carboxylic acids is 2. The first-order chi connectivity index (χ1) is 11.4. The largest absolute Gasteiger partial charge is 0.426 e. The fourth-order valence-corrected chi connectivity index (χ4v) is 1.76. The number of hydrogen-bond acceptors (Lipinski definition) is 5. The number of furan rings is 1. The van der Waals surface area contributed by atoms with Gasteiger partial charge < -0.3 is 20.2 Å². The second-order valence-corrected chi connectivity index (χ2v) is 4.92. The molecule has 128 valence electrons. The van der Waals surface area contributed by atoms with Gasteiger partial charge >= 0.3 is 11.9 Å². The number of carbonyl (C=O) groups is 2. The van der Waals surface area contributed by atoms with Crippen molar-refractivity contribution in [2.45, 2.75) is 13.0 Å². The fraction of sp³-hybridized carbons (Fsp3) is 0.200. The third-order valence-corrected chi connectivity index (χ3v) is 3.02. The predicted molar refractivity (Wildman–Crippen MR) is 80.2 cm³/mol. The third-order valence-electron chi connectivity index (χ3n) is 3.02. The van der Waals surface area contributed by atoms with Crippen LogP contribution in [0.1, 0.15) is 17.5 Å². The zero-order valence-electron chi connectivity index (χ0n) is 12.7. The molecular formula is C15H16FN3O5. The van der Waals surface area contributed by atoms with Gasteiger partial charge in [-0.3, -0.25) is 10.0 Å². The molecule has 2 rings (SSSR count). The van der Waals surface area contributed by atoms with Crippen molar-refractivity contribution in [1.29, 1.82) is 0 Å². The molecule has 3 amide bonds.